The van der Waals surface area contributed by atoms with Crippen LogP contribution in [-0.4, -0.2) is 18.4 Å². The molecule has 18 heavy (non-hydrogen) atoms. The molecule has 0 aliphatic rings. The lowest BCUT2D eigenvalue weighted by molar-refractivity contribution is 0.595. The summed E-state index contributed by atoms with van der Waals surface area (Å²) in [4.78, 5) is 7.31. The fourth-order valence-corrected chi connectivity index (χ4v) is 2.71. The van der Waals surface area contributed by atoms with Gasteiger partial charge in [-0.15, -0.1) is 0 Å². The number of nitrogens with zero attached hydrogens (tertiary/aromatic N) is 2. The summed E-state index contributed by atoms with van der Waals surface area (Å²) in [5, 5.41) is 0. The number of aryl methyl sites for hydroxylation is 1. The van der Waals surface area contributed by atoms with E-state index in [9.17, 15) is 8.42 Å². The number of hydrogen-bond donors (Lipinski definition) is 2. The number of aromatic nitrogens is 2. The second-order valence-electron chi connectivity index (χ2n) is 3.79. The highest BCUT2D eigenvalue weighted by molar-refractivity contribution is 7.91. The maximum Gasteiger partial charge on any atom is 0.221 e. The number of sulfone groups is 1. The van der Waals surface area contributed by atoms with E-state index in [1.165, 1.54) is 12.1 Å². The molecule has 0 fully saturated rings. The summed E-state index contributed by atoms with van der Waals surface area (Å²) in [5.74, 6) is -0.210. The van der Waals surface area contributed by atoms with Crippen molar-refractivity contribution in [2.45, 2.75) is 16.7 Å². The highest BCUT2D eigenvalue weighted by atomic mass is 32.2. The standard InChI is InChI=1S/C11H12N4O2S/c1-7-2-4-8(5-3-7)18(16,17)9-6-14-11(13)15-10(9)12/h2-6H,1H3,(H4,12,13,14,15). The Morgan fingerprint density at radius 2 is 1.72 bits per heavy atom. The Hall–Kier alpha value is -2.15. The SMILES string of the molecule is Cc1ccc(S(=O)(=O)c2cnc(N)nc2N)cc1. The van der Waals surface area contributed by atoms with Gasteiger partial charge in [-0.3, -0.25) is 0 Å². The molecule has 7 heteroatoms. The maximum atomic E-state index is 12.3. The summed E-state index contributed by atoms with van der Waals surface area (Å²) in [6.07, 6.45) is 1.12. The van der Waals surface area contributed by atoms with Gasteiger partial charge in [0.05, 0.1) is 11.1 Å². The van der Waals surface area contributed by atoms with E-state index in [1.807, 2.05) is 6.92 Å². The zero-order valence-corrected chi connectivity index (χ0v) is 10.5. The minimum Gasteiger partial charge on any atom is -0.382 e. The second-order valence-corrected chi connectivity index (χ2v) is 5.71. The van der Waals surface area contributed by atoms with Crippen molar-refractivity contribution in [3.8, 4) is 0 Å². The molecule has 1 heterocycles. The topological polar surface area (TPSA) is 112 Å². The van der Waals surface area contributed by atoms with Crippen LogP contribution in [0.15, 0.2) is 40.3 Å². The Bertz CT molecular complexity index is 681. The molecule has 6 nitrogen and oxygen atoms in total. The van der Waals surface area contributed by atoms with Gasteiger partial charge in [-0.2, -0.15) is 4.98 Å². The zero-order valence-electron chi connectivity index (χ0n) is 9.66. The first-order chi connectivity index (χ1) is 8.41. The van der Waals surface area contributed by atoms with Crippen LogP contribution in [0.1, 0.15) is 5.56 Å². The fraction of sp³-hybridized carbons (Fsp3) is 0.0909. The van der Waals surface area contributed by atoms with Crippen molar-refractivity contribution in [1.29, 1.82) is 0 Å². The summed E-state index contributed by atoms with van der Waals surface area (Å²) < 4.78 is 24.6. The van der Waals surface area contributed by atoms with Crippen LogP contribution < -0.4 is 11.5 Å². The number of benzene rings is 1. The molecule has 0 radical (unpaired) electrons. The first-order valence-corrected chi connectivity index (χ1v) is 6.59. The first-order valence-electron chi connectivity index (χ1n) is 5.11. The van der Waals surface area contributed by atoms with Gasteiger partial charge in [0.2, 0.25) is 15.8 Å². The summed E-state index contributed by atoms with van der Waals surface area (Å²) in [6.45, 7) is 1.87. The molecule has 94 valence electrons. The number of nitrogen functional groups attached to an aromatic ring is 2. The largest absolute Gasteiger partial charge is 0.382 e. The van der Waals surface area contributed by atoms with Crippen LogP contribution in [0.25, 0.3) is 0 Å². The molecule has 0 aliphatic carbocycles. The minimum absolute atomic E-state index is 0.0599. The monoisotopic (exact) mass is 264 g/mol. The van der Waals surface area contributed by atoms with Gasteiger partial charge in [0.25, 0.3) is 0 Å². The smallest absolute Gasteiger partial charge is 0.221 e. The third-order valence-electron chi connectivity index (χ3n) is 2.42. The van der Waals surface area contributed by atoms with Crippen molar-refractivity contribution in [3.05, 3.63) is 36.0 Å². The summed E-state index contributed by atoms with van der Waals surface area (Å²) in [5.41, 5.74) is 11.9. The molecule has 0 saturated heterocycles. The molecule has 0 aliphatic heterocycles. The molecule has 2 aromatic rings. The van der Waals surface area contributed by atoms with Gasteiger partial charge in [-0.1, -0.05) is 17.7 Å². The van der Waals surface area contributed by atoms with Crippen LogP contribution in [-0.2, 0) is 9.84 Å². The first kappa shape index (κ1) is 12.3. The van der Waals surface area contributed by atoms with Crippen LogP contribution in [0.4, 0.5) is 11.8 Å². The molecular formula is C11H12N4O2S. The lowest BCUT2D eigenvalue weighted by Crippen LogP contribution is -2.09. The van der Waals surface area contributed by atoms with E-state index in [4.69, 9.17) is 11.5 Å². The Balaban J connectivity index is 2.58. The van der Waals surface area contributed by atoms with E-state index < -0.39 is 9.84 Å². The highest BCUT2D eigenvalue weighted by Crippen LogP contribution is 2.24. The molecule has 4 N–H and O–H groups in total. The van der Waals surface area contributed by atoms with Gasteiger partial charge in [0.1, 0.15) is 10.7 Å². The van der Waals surface area contributed by atoms with Gasteiger partial charge in [0.15, 0.2) is 0 Å². The number of anilines is 2. The third kappa shape index (κ3) is 2.12. The number of nitrogens with two attached hydrogens (primary N) is 2. The van der Waals surface area contributed by atoms with E-state index >= 15 is 0 Å². The van der Waals surface area contributed by atoms with Crippen molar-refractivity contribution in [2.75, 3.05) is 11.5 Å². The van der Waals surface area contributed by atoms with Gasteiger partial charge in [-0.25, -0.2) is 13.4 Å². The van der Waals surface area contributed by atoms with Crippen LogP contribution in [0.3, 0.4) is 0 Å². The molecule has 1 aromatic carbocycles. The molecule has 0 saturated carbocycles. The normalized spacial score (nSPS) is 11.4. The highest BCUT2D eigenvalue weighted by Gasteiger charge is 2.21. The summed E-state index contributed by atoms with van der Waals surface area (Å²) in [6, 6.07) is 6.45. The lowest BCUT2D eigenvalue weighted by atomic mass is 10.2. The molecule has 0 unspecified atom stereocenters. The van der Waals surface area contributed by atoms with E-state index in [0.717, 1.165) is 11.8 Å². The summed E-state index contributed by atoms with van der Waals surface area (Å²) >= 11 is 0. The maximum absolute atomic E-state index is 12.3. The van der Waals surface area contributed by atoms with Crippen LogP contribution in [0, 0.1) is 6.92 Å². The van der Waals surface area contributed by atoms with Gasteiger partial charge in [-0.05, 0) is 19.1 Å². The molecule has 0 atom stereocenters. The van der Waals surface area contributed by atoms with E-state index in [2.05, 4.69) is 9.97 Å². The van der Waals surface area contributed by atoms with Crippen LogP contribution in [0.2, 0.25) is 0 Å². The lowest BCUT2D eigenvalue weighted by Gasteiger charge is -2.07. The molecule has 2 rings (SSSR count). The van der Waals surface area contributed by atoms with Gasteiger partial charge < -0.3 is 11.5 Å². The second kappa shape index (κ2) is 4.26. The van der Waals surface area contributed by atoms with Crippen molar-refractivity contribution in [1.82, 2.24) is 9.97 Å². The zero-order chi connectivity index (χ0) is 13.3. The predicted octanol–water partition coefficient (Wildman–Crippen LogP) is 0.782. The average molecular weight is 264 g/mol. The Labute approximate surface area is 105 Å². The van der Waals surface area contributed by atoms with Crippen LogP contribution in [0.5, 0.6) is 0 Å². The number of hydrogen-bond acceptors (Lipinski definition) is 6. The van der Waals surface area contributed by atoms with E-state index in [0.29, 0.717) is 0 Å². The third-order valence-corrected chi connectivity index (χ3v) is 4.21. The van der Waals surface area contributed by atoms with Crippen molar-refractivity contribution in [3.63, 3.8) is 0 Å². The Kier molecular flexibility index (Phi) is 2.92. The van der Waals surface area contributed by atoms with E-state index in [-0.39, 0.29) is 21.6 Å². The molecule has 1 aromatic heterocycles. The van der Waals surface area contributed by atoms with Crippen LogP contribution >= 0.6 is 0 Å². The predicted molar refractivity (Wildman–Crippen MR) is 67.5 cm³/mol. The summed E-state index contributed by atoms with van der Waals surface area (Å²) in [7, 11) is -3.71. The fourth-order valence-electron chi connectivity index (χ4n) is 1.45. The molecule has 0 spiro atoms. The average Bonchev–Trinajstić information content (AvgIpc) is 2.29. The van der Waals surface area contributed by atoms with Gasteiger partial charge >= 0.3 is 0 Å². The van der Waals surface area contributed by atoms with Crippen molar-refractivity contribution < 1.29 is 8.42 Å². The van der Waals surface area contributed by atoms with Gasteiger partial charge in [0, 0.05) is 0 Å². The quantitative estimate of drug-likeness (QED) is 0.829. The molecule has 0 bridgehead atoms. The van der Waals surface area contributed by atoms with Crippen molar-refractivity contribution >= 4 is 21.6 Å². The Morgan fingerprint density at radius 1 is 1.11 bits per heavy atom. The van der Waals surface area contributed by atoms with Crippen molar-refractivity contribution in [2.24, 2.45) is 0 Å². The minimum atomic E-state index is -3.71. The molecule has 0 amide bonds. The molecular weight excluding hydrogens is 252 g/mol. The number of rotatable bonds is 2. The van der Waals surface area contributed by atoms with E-state index in [1.54, 1.807) is 12.1 Å². The Morgan fingerprint density at radius 3 is 2.28 bits per heavy atom.